The summed E-state index contributed by atoms with van der Waals surface area (Å²) in [6.45, 7) is 7.08. The standard InChI is InChI=1S/C18H23NO2/c1-3-19-14-16-5-4-6-18(13-16)21-12-11-20-17-9-7-15(2)8-10-17/h4-10,13,19H,3,11-12,14H2,1-2H3. The lowest BCUT2D eigenvalue weighted by Gasteiger charge is -2.10. The Morgan fingerprint density at radius 2 is 1.62 bits per heavy atom. The molecule has 0 aromatic heterocycles. The quantitative estimate of drug-likeness (QED) is 0.752. The molecule has 0 bridgehead atoms. The maximum atomic E-state index is 5.72. The minimum absolute atomic E-state index is 0.540. The average molecular weight is 285 g/mol. The maximum absolute atomic E-state index is 5.72. The van der Waals surface area contributed by atoms with Gasteiger partial charge in [-0.15, -0.1) is 0 Å². The molecule has 0 amide bonds. The van der Waals surface area contributed by atoms with E-state index in [-0.39, 0.29) is 0 Å². The highest BCUT2D eigenvalue weighted by molar-refractivity contribution is 5.28. The van der Waals surface area contributed by atoms with E-state index in [9.17, 15) is 0 Å². The predicted molar refractivity (Wildman–Crippen MR) is 86.0 cm³/mol. The summed E-state index contributed by atoms with van der Waals surface area (Å²) in [7, 11) is 0. The molecule has 0 aliphatic rings. The average Bonchev–Trinajstić information content (AvgIpc) is 2.52. The molecule has 112 valence electrons. The molecular formula is C18H23NO2. The molecule has 0 saturated heterocycles. The van der Waals surface area contributed by atoms with Gasteiger partial charge in [-0.2, -0.15) is 0 Å². The molecule has 0 aliphatic heterocycles. The lowest BCUT2D eigenvalue weighted by atomic mass is 10.2. The Morgan fingerprint density at radius 3 is 2.33 bits per heavy atom. The van der Waals surface area contributed by atoms with Crippen molar-refractivity contribution in [3.05, 3.63) is 59.7 Å². The molecule has 0 atom stereocenters. The minimum Gasteiger partial charge on any atom is -0.490 e. The van der Waals surface area contributed by atoms with Gasteiger partial charge in [0.15, 0.2) is 0 Å². The first-order chi connectivity index (χ1) is 10.3. The summed E-state index contributed by atoms with van der Waals surface area (Å²) in [6.07, 6.45) is 0. The zero-order chi connectivity index (χ0) is 14.9. The van der Waals surface area contributed by atoms with Gasteiger partial charge >= 0.3 is 0 Å². The van der Waals surface area contributed by atoms with Gasteiger partial charge in [-0.25, -0.2) is 0 Å². The number of hydrogen-bond acceptors (Lipinski definition) is 3. The van der Waals surface area contributed by atoms with Gasteiger partial charge in [-0.05, 0) is 43.3 Å². The molecular weight excluding hydrogens is 262 g/mol. The lowest BCUT2D eigenvalue weighted by molar-refractivity contribution is 0.217. The fraction of sp³-hybridized carbons (Fsp3) is 0.333. The Hall–Kier alpha value is -2.00. The van der Waals surface area contributed by atoms with Crippen molar-refractivity contribution in [2.75, 3.05) is 19.8 Å². The second-order valence-electron chi connectivity index (χ2n) is 4.94. The molecule has 0 fully saturated rings. The van der Waals surface area contributed by atoms with Crippen molar-refractivity contribution < 1.29 is 9.47 Å². The zero-order valence-corrected chi connectivity index (χ0v) is 12.8. The predicted octanol–water partition coefficient (Wildman–Crippen LogP) is 3.56. The van der Waals surface area contributed by atoms with E-state index < -0.39 is 0 Å². The van der Waals surface area contributed by atoms with Gasteiger partial charge < -0.3 is 14.8 Å². The third-order valence-electron chi connectivity index (χ3n) is 3.12. The van der Waals surface area contributed by atoms with Crippen molar-refractivity contribution in [2.24, 2.45) is 0 Å². The van der Waals surface area contributed by atoms with E-state index in [1.807, 2.05) is 36.4 Å². The van der Waals surface area contributed by atoms with Gasteiger partial charge in [0.1, 0.15) is 24.7 Å². The van der Waals surface area contributed by atoms with Crippen molar-refractivity contribution in [3.63, 3.8) is 0 Å². The van der Waals surface area contributed by atoms with E-state index in [0.717, 1.165) is 24.6 Å². The second kappa shape index (κ2) is 8.32. The van der Waals surface area contributed by atoms with Crippen LogP contribution in [-0.2, 0) is 6.54 Å². The first kappa shape index (κ1) is 15.4. The van der Waals surface area contributed by atoms with Gasteiger partial charge in [0, 0.05) is 6.54 Å². The molecule has 2 rings (SSSR count). The van der Waals surface area contributed by atoms with Crippen LogP contribution in [0.25, 0.3) is 0 Å². The summed E-state index contributed by atoms with van der Waals surface area (Å²) in [5.74, 6) is 1.77. The van der Waals surface area contributed by atoms with Gasteiger partial charge in [0.25, 0.3) is 0 Å². The Bertz CT molecular complexity index is 537. The van der Waals surface area contributed by atoms with Crippen LogP contribution >= 0.6 is 0 Å². The summed E-state index contributed by atoms with van der Waals surface area (Å²) in [5.41, 5.74) is 2.46. The van der Waals surface area contributed by atoms with Gasteiger partial charge in [0.2, 0.25) is 0 Å². The topological polar surface area (TPSA) is 30.5 Å². The van der Waals surface area contributed by atoms with Crippen LogP contribution in [0, 0.1) is 6.92 Å². The number of benzene rings is 2. The largest absolute Gasteiger partial charge is 0.490 e. The molecule has 0 unspecified atom stereocenters. The van der Waals surface area contributed by atoms with Crippen molar-refractivity contribution in [3.8, 4) is 11.5 Å². The number of ether oxygens (including phenoxy) is 2. The summed E-state index contributed by atoms with van der Waals surface area (Å²) in [6, 6.07) is 16.2. The van der Waals surface area contributed by atoms with Gasteiger partial charge in [-0.1, -0.05) is 36.8 Å². The first-order valence-electron chi connectivity index (χ1n) is 7.40. The van der Waals surface area contributed by atoms with Crippen molar-refractivity contribution in [1.29, 1.82) is 0 Å². The fourth-order valence-electron chi connectivity index (χ4n) is 1.97. The highest BCUT2D eigenvalue weighted by atomic mass is 16.5. The summed E-state index contributed by atoms with van der Waals surface area (Å²) < 4.78 is 11.4. The summed E-state index contributed by atoms with van der Waals surface area (Å²) >= 11 is 0. The van der Waals surface area contributed by atoms with E-state index in [0.29, 0.717) is 13.2 Å². The normalized spacial score (nSPS) is 10.4. The van der Waals surface area contributed by atoms with E-state index in [2.05, 4.69) is 31.3 Å². The fourth-order valence-corrected chi connectivity index (χ4v) is 1.97. The van der Waals surface area contributed by atoms with Gasteiger partial charge in [-0.3, -0.25) is 0 Å². The van der Waals surface area contributed by atoms with E-state index in [4.69, 9.17) is 9.47 Å². The van der Waals surface area contributed by atoms with Crippen LogP contribution in [0.4, 0.5) is 0 Å². The van der Waals surface area contributed by atoms with E-state index in [1.54, 1.807) is 0 Å². The molecule has 2 aromatic rings. The minimum atomic E-state index is 0.540. The highest BCUT2D eigenvalue weighted by Gasteiger charge is 1.98. The Labute approximate surface area is 126 Å². The molecule has 2 aromatic carbocycles. The van der Waals surface area contributed by atoms with Crippen LogP contribution < -0.4 is 14.8 Å². The first-order valence-corrected chi connectivity index (χ1v) is 7.40. The van der Waals surface area contributed by atoms with Crippen LogP contribution in [0.15, 0.2) is 48.5 Å². The van der Waals surface area contributed by atoms with Crippen LogP contribution in [-0.4, -0.2) is 19.8 Å². The second-order valence-corrected chi connectivity index (χ2v) is 4.94. The summed E-state index contributed by atoms with van der Waals surface area (Å²) in [4.78, 5) is 0. The third-order valence-corrected chi connectivity index (χ3v) is 3.12. The van der Waals surface area contributed by atoms with Crippen LogP contribution in [0.1, 0.15) is 18.1 Å². The summed E-state index contributed by atoms with van der Waals surface area (Å²) in [5, 5.41) is 3.30. The SMILES string of the molecule is CCNCc1cccc(OCCOc2ccc(C)cc2)c1. The van der Waals surface area contributed by atoms with Crippen LogP contribution in [0.2, 0.25) is 0 Å². The monoisotopic (exact) mass is 285 g/mol. The molecule has 0 heterocycles. The molecule has 3 heteroatoms. The number of nitrogens with one attached hydrogen (secondary N) is 1. The van der Waals surface area contributed by atoms with Crippen molar-refractivity contribution >= 4 is 0 Å². The Balaban J connectivity index is 1.74. The van der Waals surface area contributed by atoms with Crippen LogP contribution in [0.3, 0.4) is 0 Å². The zero-order valence-electron chi connectivity index (χ0n) is 12.8. The van der Waals surface area contributed by atoms with Gasteiger partial charge in [0.05, 0.1) is 0 Å². The van der Waals surface area contributed by atoms with Crippen molar-refractivity contribution in [1.82, 2.24) is 5.32 Å². The highest BCUT2D eigenvalue weighted by Crippen LogP contribution is 2.14. The molecule has 0 spiro atoms. The third kappa shape index (κ3) is 5.48. The molecule has 0 radical (unpaired) electrons. The molecule has 0 saturated carbocycles. The van der Waals surface area contributed by atoms with Crippen molar-refractivity contribution in [2.45, 2.75) is 20.4 Å². The molecule has 0 aliphatic carbocycles. The number of hydrogen-bond donors (Lipinski definition) is 1. The Kier molecular flexibility index (Phi) is 6.10. The van der Waals surface area contributed by atoms with E-state index >= 15 is 0 Å². The molecule has 1 N–H and O–H groups in total. The Morgan fingerprint density at radius 1 is 0.905 bits per heavy atom. The van der Waals surface area contributed by atoms with Crippen LogP contribution in [0.5, 0.6) is 11.5 Å². The molecule has 21 heavy (non-hydrogen) atoms. The number of aryl methyl sites for hydroxylation is 1. The lowest BCUT2D eigenvalue weighted by Crippen LogP contribution is -2.12. The number of rotatable bonds is 8. The maximum Gasteiger partial charge on any atom is 0.122 e. The molecule has 3 nitrogen and oxygen atoms in total. The van der Waals surface area contributed by atoms with E-state index in [1.165, 1.54) is 11.1 Å². The smallest absolute Gasteiger partial charge is 0.122 e.